The Morgan fingerprint density at radius 2 is 1.92 bits per heavy atom. The fraction of sp³-hybridized carbons (Fsp3) is 0.500. The Labute approximate surface area is 236 Å². The molecule has 0 radical (unpaired) electrons. The lowest BCUT2D eigenvalue weighted by Crippen LogP contribution is -2.48. The number of ketones is 1. The maximum absolute atomic E-state index is 12.3. The number of piperazine rings is 1. The summed E-state index contributed by atoms with van der Waals surface area (Å²) < 4.78 is 0. The number of nitrogens with one attached hydrogen (secondary N) is 1. The van der Waals surface area contributed by atoms with Crippen LogP contribution in [0.5, 0.6) is 0 Å². The predicted molar refractivity (Wildman–Crippen MR) is 164 cm³/mol. The average molecular weight is 539 g/mol. The number of hydrogen-bond donors (Lipinski definition) is 1. The van der Waals surface area contributed by atoms with E-state index in [1.54, 1.807) is 13.0 Å². The summed E-state index contributed by atoms with van der Waals surface area (Å²) in [5.41, 5.74) is 5.42. The molecule has 6 heteroatoms. The van der Waals surface area contributed by atoms with E-state index < -0.39 is 0 Å². The van der Waals surface area contributed by atoms with Crippen LogP contribution in [0.15, 0.2) is 87.6 Å². The van der Waals surface area contributed by atoms with Gasteiger partial charge in [-0.1, -0.05) is 57.5 Å². The summed E-state index contributed by atoms with van der Waals surface area (Å²) in [4.78, 5) is 21.7. The quantitative estimate of drug-likeness (QED) is 0.168. The summed E-state index contributed by atoms with van der Waals surface area (Å²) >= 11 is 6.64. The van der Waals surface area contributed by atoms with E-state index in [1.807, 2.05) is 17.2 Å². The van der Waals surface area contributed by atoms with Gasteiger partial charge in [0.2, 0.25) is 0 Å². The molecule has 0 amide bonds. The molecule has 0 aromatic carbocycles. The van der Waals surface area contributed by atoms with Gasteiger partial charge in [-0.05, 0) is 70.6 Å². The van der Waals surface area contributed by atoms with Gasteiger partial charge in [0, 0.05) is 61.1 Å². The van der Waals surface area contributed by atoms with Crippen LogP contribution in [-0.2, 0) is 4.79 Å². The molecule has 2 aliphatic rings. The number of rotatable bonds is 11. The Morgan fingerprint density at radius 1 is 1.24 bits per heavy atom. The summed E-state index contributed by atoms with van der Waals surface area (Å²) in [5, 5.41) is 4.03. The minimum absolute atomic E-state index is 0.0621. The lowest BCUT2D eigenvalue weighted by atomic mass is 10.00. The van der Waals surface area contributed by atoms with Crippen LogP contribution in [-0.4, -0.2) is 47.0 Å². The molecule has 0 aromatic heterocycles. The van der Waals surface area contributed by atoms with Gasteiger partial charge in [-0.25, -0.2) is 0 Å². The van der Waals surface area contributed by atoms with Gasteiger partial charge in [-0.2, -0.15) is 0 Å². The molecule has 2 aliphatic heterocycles. The second-order valence-corrected chi connectivity index (χ2v) is 10.9. The minimum atomic E-state index is -0.0621. The van der Waals surface area contributed by atoms with Crippen molar-refractivity contribution in [2.24, 2.45) is 16.8 Å². The number of hydrogen-bond acceptors (Lipinski definition) is 5. The zero-order chi connectivity index (χ0) is 28.4. The molecule has 38 heavy (non-hydrogen) atoms. The number of carbonyl (C=O) groups excluding carboxylic acids is 1. The van der Waals surface area contributed by atoms with Crippen molar-refractivity contribution >= 4 is 23.1 Å². The van der Waals surface area contributed by atoms with Crippen LogP contribution in [0.25, 0.3) is 0 Å². The smallest absolute Gasteiger partial charge is 0.154 e. The first-order valence-electron chi connectivity index (χ1n) is 13.9. The number of halogens is 1. The lowest BCUT2D eigenvalue weighted by molar-refractivity contribution is -0.112. The molecule has 1 N–H and O–H groups in total. The average Bonchev–Trinajstić information content (AvgIpc) is 2.88. The van der Waals surface area contributed by atoms with Gasteiger partial charge in [-0.3, -0.25) is 9.79 Å². The van der Waals surface area contributed by atoms with Gasteiger partial charge in [0.1, 0.15) is 0 Å². The monoisotopic (exact) mass is 538 g/mol. The van der Waals surface area contributed by atoms with E-state index >= 15 is 0 Å². The SMILES string of the molecule is C=C1C(Cl)=CC(C(=C/C(C)=O)/N=C(/C=C\C(=C/C)N2CCNC(C)C2)C(C)CC)=CN1/C=C(/C)C(C)CC. The molecule has 1 saturated heterocycles. The van der Waals surface area contributed by atoms with Gasteiger partial charge in [0.05, 0.1) is 16.4 Å². The Balaban J connectivity index is 2.53. The molecule has 1 fully saturated rings. The Kier molecular flexibility index (Phi) is 12.5. The van der Waals surface area contributed by atoms with Crippen molar-refractivity contribution in [1.82, 2.24) is 15.1 Å². The first kappa shape index (κ1) is 31.6. The van der Waals surface area contributed by atoms with Gasteiger partial charge in [0.25, 0.3) is 0 Å². The van der Waals surface area contributed by atoms with E-state index in [4.69, 9.17) is 16.6 Å². The third kappa shape index (κ3) is 8.99. The number of nitrogens with zero attached hydrogens (tertiary/aromatic N) is 3. The second kappa shape index (κ2) is 15.1. The van der Waals surface area contributed by atoms with Crippen molar-refractivity contribution in [3.63, 3.8) is 0 Å². The third-order valence-corrected chi connectivity index (χ3v) is 7.66. The molecule has 0 bridgehead atoms. The van der Waals surface area contributed by atoms with Crippen LogP contribution >= 0.6 is 11.6 Å². The van der Waals surface area contributed by atoms with E-state index in [-0.39, 0.29) is 11.7 Å². The lowest BCUT2D eigenvalue weighted by Gasteiger charge is -2.34. The first-order valence-corrected chi connectivity index (χ1v) is 14.3. The Hall–Kier alpha value is -2.63. The fourth-order valence-corrected chi connectivity index (χ4v) is 4.50. The van der Waals surface area contributed by atoms with Crippen molar-refractivity contribution in [1.29, 1.82) is 0 Å². The van der Waals surface area contributed by atoms with Gasteiger partial charge < -0.3 is 15.1 Å². The molecule has 2 heterocycles. The summed E-state index contributed by atoms with van der Waals surface area (Å²) in [7, 11) is 0. The van der Waals surface area contributed by atoms with E-state index in [1.165, 1.54) is 11.3 Å². The molecule has 5 nitrogen and oxygen atoms in total. The highest BCUT2D eigenvalue weighted by molar-refractivity contribution is 6.32. The molecule has 3 unspecified atom stereocenters. The second-order valence-electron chi connectivity index (χ2n) is 10.4. The molecule has 3 atom stereocenters. The van der Waals surface area contributed by atoms with Crippen molar-refractivity contribution < 1.29 is 4.79 Å². The summed E-state index contributed by atoms with van der Waals surface area (Å²) in [6, 6.07) is 0.449. The molecule has 0 spiro atoms. The maximum atomic E-state index is 12.3. The Bertz CT molecular complexity index is 1090. The van der Waals surface area contributed by atoms with E-state index in [0.29, 0.717) is 28.4 Å². The number of allylic oxidation sites excluding steroid dienone is 7. The van der Waals surface area contributed by atoms with Gasteiger partial charge >= 0.3 is 0 Å². The van der Waals surface area contributed by atoms with Crippen LogP contribution in [0.3, 0.4) is 0 Å². The predicted octanol–water partition coefficient (Wildman–Crippen LogP) is 7.49. The van der Waals surface area contributed by atoms with Crippen LogP contribution < -0.4 is 5.32 Å². The Morgan fingerprint density at radius 3 is 2.50 bits per heavy atom. The zero-order valence-electron chi connectivity index (χ0n) is 24.6. The van der Waals surface area contributed by atoms with Crippen molar-refractivity contribution in [3.05, 3.63) is 82.6 Å². The topological polar surface area (TPSA) is 47.9 Å². The molecule has 208 valence electrons. The van der Waals surface area contributed by atoms with E-state index in [9.17, 15) is 4.79 Å². The van der Waals surface area contributed by atoms with Gasteiger partial charge in [-0.15, -0.1) is 0 Å². The van der Waals surface area contributed by atoms with Crippen LogP contribution in [0, 0.1) is 11.8 Å². The van der Waals surface area contributed by atoms with Crippen LogP contribution in [0.2, 0.25) is 0 Å². The molecule has 2 rings (SSSR count). The highest BCUT2D eigenvalue weighted by atomic mass is 35.5. The molecule has 0 aromatic rings. The van der Waals surface area contributed by atoms with Crippen LogP contribution in [0.1, 0.15) is 68.2 Å². The van der Waals surface area contributed by atoms with Crippen molar-refractivity contribution in [3.8, 4) is 0 Å². The number of aliphatic imine (C=N–C) groups is 1. The van der Waals surface area contributed by atoms with E-state index in [0.717, 1.165) is 43.8 Å². The maximum Gasteiger partial charge on any atom is 0.154 e. The van der Waals surface area contributed by atoms with Crippen LogP contribution in [0.4, 0.5) is 0 Å². The number of carbonyl (C=O) groups is 1. The third-order valence-electron chi connectivity index (χ3n) is 7.34. The standard InChI is InChI=1S/C32H47ClN4O/c1-10-22(4)24(6)19-37-21-28(18-30(33)27(37)9)32(17-26(8)38)35-31(23(5)11-2)14-13-29(12-3)36-16-15-34-25(7)20-36/h12-14,17-19,21-23,25,34H,9-11,15-16,20H2,1-8H3/b14-13-,24-19-,29-12+,32-17-,35-31-. The molecule has 0 aliphatic carbocycles. The fourth-order valence-electron chi connectivity index (χ4n) is 4.29. The summed E-state index contributed by atoms with van der Waals surface area (Å²) in [6.07, 6.45) is 15.9. The largest absolute Gasteiger partial charge is 0.369 e. The minimum Gasteiger partial charge on any atom is -0.369 e. The highest BCUT2D eigenvalue weighted by Gasteiger charge is 2.20. The van der Waals surface area contributed by atoms with Gasteiger partial charge in [0.15, 0.2) is 5.78 Å². The highest BCUT2D eigenvalue weighted by Crippen LogP contribution is 2.31. The normalized spacial score (nSPS) is 22.0. The first-order chi connectivity index (χ1) is 18.0. The van der Waals surface area contributed by atoms with Crippen molar-refractivity contribution in [2.75, 3.05) is 19.6 Å². The molecular formula is C32H47ClN4O. The molecular weight excluding hydrogens is 492 g/mol. The van der Waals surface area contributed by atoms with Crippen molar-refractivity contribution in [2.45, 2.75) is 74.3 Å². The zero-order valence-corrected chi connectivity index (χ0v) is 25.4. The molecule has 0 saturated carbocycles. The summed E-state index contributed by atoms with van der Waals surface area (Å²) in [5.74, 6) is 0.591. The summed E-state index contributed by atoms with van der Waals surface area (Å²) in [6.45, 7) is 23.7. The van der Waals surface area contributed by atoms with E-state index in [2.05, 4.69) is 89.7 Å².